The average molecular weight is 387 g/mol. The first-order chi connectivity index (χ1) is 14.2. The first-order valence-corrected chi connectivity index (χ1v) is 8.84. The van der Waals surface area contributed by atoms with Crippen molar-refractivity contribution in [2.45, 2.75) is 0 Å². The number of hydrogen-bond acceptors (Lipinski definition) is 6. The van der Waals surface area contributed by atoms with Crippen molar-refractivity contribution in [1.82, 2.24) is 10.2 Å². The van der Waals surface area contributed by atoms with Crippen molar-refractivity contribution in [3.8, 4) is 28.7 Å². The lowest BCUT2D eigenvalue weighted by molar-refractivity contribution is 0.102. The zero-order valence-corrected chi connectivity index (χ0v) is 15.5. The Hall–Kier alpha value is -4.13. The molecule has 0 aliphatic heterocycles. The van der Waals surface area contributed by atoms with E-state index < -0.39 is 5.91 Å². The Labute approximate surface area is 166 Å². The van der Waals surface area contributed by atoms with Crippen molar-refractivity contribution < 1.29 is 18.7 Å². The number of para-hydroxylation sites is 2. The number of nitrogens with one attached hydrogen (secondary N) is 1. The zero-order chi connectivity index (χ0) is 20.1. The topological polar surface area (TPSA) is 86.5 Å². The zero-order valence-electron chi connectivity index (χ0n) is 15.5. The van der Waals surface area contributed by atoms with E-state index in [1.54, 1.807) is 55.6 Å². The maximum atomic E-state index is 12.7. The van der Waals surface area contributed by atoms with Gasteiger partial charge < -0.3 is 13.9 Å². The summed E-state index contributed by atoms with van der Waals surface area (Å²) in [6.45, 7) is 0. The van der Waals surface area contributed by atoms with E-state index in [0.29, 0.717) is 22.6 Å². The predicted molar refractivity (Wildman–Crippen MR) is 107 cm³/mol. The van der Waals surface area contributed by atoms with E-state index >= 15 is 0 Å². The van der Waals surface area contributed by atoms with Crippen LogP contribution in [0.3, 0.4) is 0 Å². The molecule has 0 atom stereocenters. The van der Waals surface area contributed by atoms with Crippen LogP contribution in [-0.4, -0.2) is 23.2 Å². The van der Waals surface area contributed by atoms with Crippen LogP contribution >= 0.6 is 0 Å². The molecule has 0 saturated heterocycles. The number of anilines is 1. The molecule has 7 heteroatoms. The Balaban J connectivity index is 1.51. The summed E-state index contributed by atoms with van der Waals surface area (Å²) < 4.78 is 16.5. The van der Waals surface area contributed by atoms with Crippen molar-refractivity contribution >= 4 is 11.9 Å². The van der Waals surface area contributed by atoms with Gasteiger partial charge in [-0.05, 0) is 48.5 Å². The van der Waals surface area contributed by atoms with Gasteiger partial charge in [-0.2, -0.15) is 0 Å². The molecule has 29 heavy (non-hydrogen) atoms. The number of nitrogens with zero attached hydrogens (tertiary/aromatic N) is 2. The number of methoxy groups -OCH3 is 1. The molecule has 1 heterocycles. The van der Waals surface area contributed by atoms with Crippen LogP contribution in [0.15, 0.2) is 83.3 Å². The number of aromatic nitrogens is 2. The highest BCUT2D eigenvalue weighted by Crippen LogP contribution is 2.27. The number of amides is 1. The number of ether oxygens (including phenoxy) is 2. The molecule has 0 bridgehead atoms. The highest BCUT2D eigenvalue weighted by Gasteiger charge is 2.16. The van der Waals surface area contributed by atoms with Crippen LogP contribution in [0.5, 0.6) is 17.2 Å². The molecule has 0 radical (unpaired) electrons. The maximum absolute atomic E-state index is 12.7. The quantitative estimate of drug-likeness (QED) is 0.512. The summed E-state index contributed by atoms with van der Waals surface area (Å²) in [5.74, 6) is 1.65. The van der Waals surface area contributed by atoms with Gasteiger partial charge in [0.1, 0.15) is 17.2 Å². The normalized spacial score (nSPS) is 10.4. The molecular weight excluding hydrogens is 370 g/mol. The minimum Gasteiger partial charge on any atom is -0.497 e. The van der Waals surface area contributed by atoms with Gasteiger partial charge in [0.15, 0.2) is 0 Å². The Morgan fingerprint density at radius 3 is 2.34 bits per heavy atom. The lowest BCUT2D eigenvalue weighted by atomic mass is 10.2. The fourth-order valence-electron chi connectivity index (χ4n) is 2.65. The SMILES string of the molecule is COc1ccc(-c2nnc(NC(=O)c3ccccc3Oc3ccccc3)o2)cc1. The van der Waals surface area contributed by atoms with Crippen LogP contribution < -0.4 is 14.8 Å². The second-order valence-corrected chi connectivity index (χ2v) is 6.01. The van der Waals surface area contributed by atoms with Gasteiger partial charge in [-0.15, -0.1) is 5.10 Å². The van der Waals surface area contributed by atoms with E-state index in [0.717, 1.165) is 5.75 Å². The highest BCUT2D eigenvalue weighted by atomic mass is 16.5. The first-order valence-electron chi connectivity index (χ1n) is 8.84. The van der Waals surface area contributed by atoms with Gasteiger partial charge in [-0.3, -0.25) is 10.1 Å². The van der Waals surface area contributed by atoms with E-state index in [2.05, 4.69) is 15.5 Å². The van der Waals surface area contributed by atoms with Crippen molar-refractivity contribution in [2.75, 3.05) is 12.4 Å². The minimum atomic E-state index is -0.415. The molecule has 0 fully saturated rings. The van der Waals surface area contributed by atoms with Crippen LogP contribution in [0.2, 0.25) is 0 Å². The van der Waals surface area contributed by atoms with Crippen LogP contribution in [-0.2, 0) is 0 Å². The van der Waals surface area contributed by atoms with Crippen LogP contribution in [0, 0.1) is 0 Å². The van der Waals surface area contributed by atoms with Crippen molar-refractivity contribution in [3.63, 3.8) is 0 Å². The number of hydrogen-bond donors (Lipinski definition) is 1. The molecule has 7 nitrogen and oxygen atoms in total. The summed E-state index contributed by atoms with van der Waals surface area (Å²) in [4.78, 5) is 12.7. The van der Waals surface area contributed by atoms with E-state index in [9.17, 15) is 4.79 Å². The third-order valence-corrected chi connectivity index (χ3v) is 4.09. The van der Waals surface area contributed by atoms with E-state index in [-0.39, 0.29) is 11.9 Å². The largest absolute Gasteiger partial charge is 0.497 e. The maximum Gasteiger partial charge on any atom is 0.322 e. The van der Waals surface area contributed by atoms with E-state index in [1.807, 2.05) is 30.3 Å². The fraction of sp³-hybridized carbons (Fsp3) is 0.0455. The number of carbonyl (C=O) groups excluding carboxylic acids is 1. The Kier molecular flexibility index (Phi) is 5.20. The smallest absolute Gasteiger partial charge is 0.322 e. The summed E-state index contributed by atoms with van der Waals surface area (Å²) in [5, 5.41) is 10.5. The van der Waals surface area contributed by atoms with Gasteiger partial charge in [-0.25, -0.2) is 0 Å². The second-order valence-electron chi connectivity index (χ2n) is 6.01. The lowest BCUT2D eigenvalue weighted by Crippen LogP contribution is -2.13. The van der Waals surface area contributed by atoms with E-state index in [1.165, 1.54) is 0 Å². The fourth-order valence-corrected chi connectivity index (χ4v) is 2.65. The monoisotopic (exact) mass is 387 g/mol. The summed E-state index contributed by atoms with van der Waals surface area (Å²) in [6.07, 6.45) is 0. The second kappa shape index (κ2) is 8.26. The molecule has 0 saturated carbocycles. The van der Waals surface area contributed by atoms with Gasteiger partial charge in [0.05, 0.1) is 12.7 Å². The molecule has 3 aromatic carbocycles. The first kappa shape index (κ1) is 18.2. The number of rotatable bonds is 6. The Morgan fingerprint density at radius 2 is 1.59 bits per heavy atom. The Bertz CT molecular complexity index is 1110. The van der Waals surface area contributed by atoms with Gasteiger partial charge >= 0.3 is 6.01 Å². The lowest BCUT2D eigenvalue weighted by Gasteiger charge is -2.10. The number of benzene rings is 3. The molecule has 144 valence electrons. The predicted octanol–water partition coefficient (Wildman–Crippen LogP) is 4.79. The molecule has 1 amide bonds. The summed E-state index contributed by atoms with van der Waals surface area (Å²) in [5.41, 5.74) is 1.06. The minimum absolute atomic E-state index is 0.00432. The van der Waals surface area contributed by atoms with Crippen LogP contribution in [0.4, 0.5) is 6.01 Å². The molecule has 4 aromatic rings. The summed E-state index contributed by atoms with van der Waals surface area (Å²) in [7, 11) is 1.59. The van der Waals surface area contributed by atoms with Crippen molar-refractivity contribution in [2.24, 2.45) is 0 Å². The Morgan fingerprint density at radius 1 is 0.862 bits per heavy atom. The summed E-state index contributed by atoms with van der Waals surface area (Å²) >= 11 is 0. The number of carbonyl (C=O) groups is 1. The van der Waals surface area contributed by atoms with Crippen molar-refractivity contribution in [3.05, 3.63) is 84.4 Å². The van der Waals surface area contributed by atoms with Crippen LogP contribution in [0.25, 0.3) is 11.5 Å². The standard InChI is InChI=1S/C22H17N3O4/c1-27-16-13-11-15(12-14-16)21-24-25-22(29-21)23-20(26)18-9-5-6-10-19(18)28-17-7-3-2-4-8-17/h2-14H,1H3,(H,23,25,26). The third-order valence-electron chi connectivity index (χ3n) is 4.09. The van der Waals surface area contributed by atoms with Gasteiger partial charge in [0.25, 0.3) is 5.91 Å². The van der Waals surface area contributed by atoms with Crippen molar-refractivity contribution in [1.29, 1.82) is 0 Å². The van der Waals surface area contributed by atoms with E-state index in [4.69, 9.17) is 13.9 Å². The summed E-state index contributed by atoms with van der Waals surface area (Å²) in [6, 6.07) is 23.3. The average Bonchev–Trinajstić information content (AvgIpc) is 3.23. The molecule has 0 aliphatic carbocycles. The van der Waals surface area contributed by atoms with Gasteiger partial charge in [0.2, 0.25) is 5.89 Å². The van der Waals surface area contributed by atoms with Gasteiger partial charge in [-0.1, -0.05) is 35.4 Å². The molecule has 0 unspecified atom stereocenters. The van der Waals surface area contributed by atoms with Crippen LogP contribution in [0.1, 0.15) is 10.4 Å². The third kappa shape index (κ3) is 4.24. The molecule has 0 spiro atoms. The molecular formula is C22H17N3O4. The molecule has 1 aromatic heterocycles. The molecule has 4 rings (SSSR count). The highest BCUT2D eigenvalue weighted by molar-refractivity contribution is 6.05. The van der Waals surface area contributed by atoms with Gasteiger partial charge in [0, 0.05) is 5.56 Å². The molecule has 1 N–H and O–H groups in total. The molecule has 0 aliphatic rings.